The zero-order chi connectivity index (χ0) is 14.8. The van der Waals surface area contributed by atoms with Crippen LogP contribution in [0.25, 0.3) is 0 Å². The van der Waals surface area contributed by atoms with E-state index in [1.54, 1.807) is 6.07 Å². The molecule has 0 unspecified atom stereocenters. The van der Waals surface area contributed by atoms with Crippen LogP contribution in [0.15, 0.2) is 18.2 Å². The van der Waals surface area contributed by atoms with Crippen LogP contribution in [-0.2, 0) is 4.79 Å². The first-order chi connectivity index (χ1) is 9.48. The highest BCUT2D eigenvalue weighted by Gasteiger charge is 2.39. The number of rotatable bonds is 4. The number of carbonyl (C=O) groups excluding carboxylic acids is 2. The molecule has 1 aliphatic carbocycles. The summed E-state index contributed by atoms with van der Waals surface area (Å²) < 4.78 is 0. The van der Waals surface area contributed by atoms with Gasteiger partial charge in [-0.2, -0.15) is 0 Å². The van der Waals surface area contributed by atoms with E-state index in [0.717, 1.165) is 25.7 Å². The van der Waals surface area contributed by atoms with Crippen molar-refractivity contribution in [3.63, 3.8) is 0 Å². The molecule has 0 bridgehead atoms. The third-order valence-electron chi connectivity index (χ3n) is 3.93. The largest absolute Gasteiger partial charge is 0.366 e. The van der Waals surface area contributed by atoms with E-state index in [2.05, 4.69) is 5.32 Å². The predicted octanol–water partition coefficient (Wildman–Crippen LogP) is 1.90. The number of hydrogen-bond acceptors (Lipinski definition) is 3. The summed E-state index contributed by atoms with van der Waals surface area (Å²) in [5, 5.41) is 3.05. The number of anilines is 1. The molecule has 108 valence electrons. The van der Waals surface area contributed by atoms with Gasteiger partial charge in [0.15, 0.2) is 0 Å². The van der Waals surface area contributed by atoms with Gasteiger partial charge in [0.05, 0.1) is 16.0 Å². The molecule has 1 aromatic rings. The number of carbonyl (C=O) groups is 2. The van der Waals surface area contributed by atoms with Gasteiger partial charge >= 0.3 is 0 Å². The Balaban J connectivity index is 2.16. The molecule has 6 heteroatoms. The molecule has 2 rings (SSSR count). The van der Waals surface area contributed by atoms with Gasteiger partial charge in [0.2, 0.25) is 11.8 Å². The zero-order valence-corrected chi connectivity index (χ0v) is 11.9. The summed E-state index contributed by atoms with van der Waals surface area (Å²) >= 11 is 5.96. The maximum Gasteiger partial charge on any atom is 0.250 e. The average molecular weight is 296 g/mol. The number of hydrogen-bond donors (Lipinski definition) is 3. The lowest BCUT2D eigenvalue weighted by Gasteiger charge is -2.25. The molecule has 1 saturated carbocycles. The van der Waals surface area contributed by atoms with E-state index in [4.69, 9.17) is 23.1 Å². The molecule has 0 aliphatic heterocycles. The van der Waals surface area contributed by atoms with Gasteiger partial charge in [0.1, 0.15) is 0 Å². The first kappa shape index (κ1) is 14.8. The second-order valence-corrected chi connectivity index (χ2v) is 5.61. The van der Waals surface area contributed by atoms with Crippen LogP contribution in [0.4, 0.5) is 5.69 Å². The molecule has 0 aromatic heterocycles. The van der Waals surface area contributed by atoms with Gasteiger partial charge in [-0.05, 0) is 31.0 Å². The van der Waals surface area contributed by atoms with Crippen molar-refractivity contribution < 1.29 is 9.59 Å². The van der Waals surface area contributed by atoms with Crippen molar-refractivity contribution in [1.29, 1.82) is 0 Å². The Kier molecular flexibility index (Phi) is 4.30. The summed E-state index contributed by atoms with van der Waals surface area (Å²) in [5.41, 5.74) is 11.3. The summed E-state index contributed by atoms with van der Waals surface area (Å²) in [6.45, 7) is 0.339. The summed E-state index contributed by atoms with van der Waals surface area (Å²) in [7, 11) is 0. The normalized spacial score (nSPS) is 16.9. The van der Waals surface area contributed by atoms with Gasteiger partial charge in [-0.15, -0.1) is 0 Å². The highest BCUT2D eigenvalue weighted by molar-refractivity contribution is 6.34. The van der Waals surface area contributed by atoms with E-state index in [9.17, 15) is 9.59 Å². The standard InChI is InChI=1S/C14H18ClN3O2/c15-11-7-9(3-4-10(11)12(17)19)18-13(20)14(8-16)5-1-2-6-14/h3-4,7H,1-2,5-6,8,16H2,(H2,17,19)(H,18,20). The zero-order valence-electron chi connectivity index (χ0n) is 11.1. The molecule has 0 atom stereocenters. The third-order valence-corrected chi connectivity index (χ3v) is 4.24. The molecule has 1 aromatic carbocycles. The number of halogens is 1. The summed E-state index contributed by atoms with van der Waals surface area (Å²) in [5.74, 6) is -0.678. The van der Waals surface area contributed by atoms with E-state index < -0.39 is 11.3 Å². The molecule has 1 fully saturated rings. The van der Waals surface area contributed by atoms with Gasteiger partial charge in [-0.3, -0.25) is 9.59 Å². The number of primary amides is 1. The molecular weight excluding hydrogens is 278 g/mol. The number of benzene rings is 1. The third kappa shape index (κ3) is 2.78. The van der Waals surface area contributed by atoms with E-state index in [0.29, 0.717) is 12.2 Å². The summed E-state index contributed by atoms with van der Waals surface area (Å²) in [6, 6.07) is 4.64. The lowest BCUT2D eigenvalue weighted by Crippen LogP contribution is -2.40. The maximum atomic E-state index is 12.4. The fraction of sp³-hybridized carbons (Fsp3) is 0.429. The molecule has 0 spiro atoms. The summed E-state index contributed by atoms with van der Waals surface area (Å²) in [4.78, 5) is 23.5. The van der Waals surface area contributed by atoms with Gasteiger partial charge in [0, 0.05) is 12.2 Å². The van der Waals surface area contributed by atoms with Crippen LogP contribution in [0.5, 0.6) is 0 Å². The lowest BCUT2D eigenvalue weighted by molar-refractivity contribution is -0.124. The SMILES string of the molecule is NCC1(C(=O)Nc2ccc(C(N)=O)c(Cl)c2)CCCC1. The Morgan fingerprint density at radius 3 is 2.45 bits per heavy atom. The van der Waals surface area contributed by atoms with E-state index in [1.807, 2.05) is 0 Å². The minimum atomic E-state index is -0.595. The Bertz CT molecular complexity index is 539. The Morgan fingerprint density at radius 1 is 1.30 bits per heavy atom. The lowest BCUT2D eigenvalue weighted by atomic mass is 9.85. The van der Waals surface area contributed by atoms with E-state index >= 15 is 0 Å². The molecule has 5 nitrogen and oxygen atoms in total. The average Bonchev–Trinajstić information content (AvgIpc) is 2.88. The van der Waals surface area contributed by atoms with E-state index in [-0.39, 0.29) is 16.5 Å². The van der Waals surface area contributed by atoms with Crippen molar-refractivity contribution in [2.24, 2.45) is 16.9 Å². The van der Waals surface area contributed by atoms with Crippen molar-refractivity contribution in [2.75, 3.05) is 11.9 Å². The van der Waals surface area contributed by atoms with Crippen LogP contribution in [0.3, 0.4) is 0 Å². The van der Waals surface area contributed by atoms with Gasteiger partial charge in [-0.25, -0.2) is 0 Å². The second kappa shape index (κ2) is 5.81. The second-order valence-electron chi connectivity index (χ2n) is 5.20. The number of amides is 2. The number of nitrogens with one attached hydrogen (secondary N) is 1. The smallest absolute Gasteiger partial charge is 0.250 e. The van der Waals surface area contributed by atoms with Crippen molar-refractivity contribution >= 4 is 29.1 Å². The molecule has 2 amide bonds. The molecular formula is C14H18ClN3O2. The number of nitrogens with two attached hydrogens (primary N) is 2. The van der Waals surface area contributed by atoms with Crippen LogP contribution >= 0.6 is 11.6 Å². The van der Waals surface area contributed by atoms with Crippen molar-refractivity contribution in [3.8, 4) is 0 Å². The van der Waals surface area contributed by atoms with Gasteiger partial charge in [0.25, 0.3) is 0 Å². The fourth-order valence-corrected chi connectivity index (χ4v) is 2.91. The first-order valence-electron chi connectivity index (χ1n) is 6.59. The molecule has 20 heavy (non-hydrogen) atoms. The molecule has 0 heterocycles. The van der Waals surface area contributed by atoms with Crippen molar-refractivity contribution in [3.05, 3.63) is 28.8 Å². The molecule has 1 aliphatic rings. The quantitative estimate of drug-likeness (QED) is 0.791. The minimum absolute atomic E-state index is 0.0830. The van der Waals surface area contributed by atoms with Gasteiger partial charge in [-0.1, -0.05) is 24.4 Å². The van der Waals surface area contributed by atoms with Crippen LogP contribution in [0.2, 0.25) is 5.02 Å². The van der Waals surface area contributed by atoms with Crippen LogP contribution in [0, 0.1) is 5.41 Å². The van der Waals surface area contributed by atoms with Crippen LogP contribution < -0.4 is 16.8 Å². The predicted molar refractivity (Wildman–Crippen MR) is 78.6 cm³/mol. The first-order valence-corrected chi connectivity index (χ1v) is 6.97. The molecule has 0 radical (unpaired) electrons. The molecule has 0 saturated heterocycles. The van der Waals surface area contributed by atoms with Crippen LogP contribution in [0.1, 0.15) is 36.0 Å². The Morgan fingerprint density at radius 2 is 1.95 bits per heavy atom. The topological polar surface area (TPSA) is 98.2 Å². The van der Waals surface area contributed by atoms with Crippen molar-refractivity contribution in [1.82, 2.24) is 0 Å². The maximum absolute atomic E-state index is 12.4. The van der Waals surface area contributed by atoms with Gasteiger partial charge < -0.3 is 16.8 Å². The highest BCUT2D eigenvalue weighted by Crippen LogP contribution is 2.38. The van der Waals surface area contributed by atoms with Crippen LogP contribution in [-0.4, -0.2) is 18.4 Å². The fourth-order valence-electron chi connectivity index (χ4n) is 2.63. The minimum Gasteiger partial charge on any atom is -0.366 e. The van der Waals surface area contributed by atoms with E-state index in [1.165, 1.54) is 12.1 Å². The molecule has 5 N–H and O–H groups in total. The van der Waals surface area contributed by atoms with Crippen molar-refractivity contribution in [2.45, 2.75) is 25.7 Å². The Hall–Kier alpha value is -1.59. The Labute approximate surface area is 122 Å². The highest BCUT2D eigenvalue weighted by atomic mass is 35.5. The monoisotopic (exact) mass is 295 g/mol. The summed E-state index contributed by atoms with van der Waals surface area (Å²) in [6.07, 6.45) is 3.66.